The van der Waals surface area contributed by atoms with Crippen molar-refractivity contribution in [2.75, 3.05) is 18.1 Å². The van der Waals surface area contributed by atoms with E-state index in [1.807, 2.05) is 0 Å². The highest BCUT2D eigenvalue weighted by Gasteiger charge is 2.49. The highest BCUT2D eigenvalue weighted by molar-refractivity contribution is 7.91. The largest absolute Gasteiger partial charge is 0.481 e. The topological polar surface area (TPSA) is 101 Å². The quantitative estimate of drug-likeness (QED) is 0.713. The lowest BCUT2D eigenvalue weighted by Gasteiger charge is -2.25. The number of carboxylic acids is 1. The molecule has 1 heterocycles. The first kappa shape index (κ1) is 15.4. The summed E-state index contributed by atoms with van der Waals surface area (Å²) in [6, 6.07) is 0. The summed E-state index contributed by atoms with van der Waals surface area (Å²) in [5.41, 5.74) is -1.36. The number of rotatable bonds is 6. The minimum atomic E-state index is -3.31. The van der Waals surface area contributed by atoms with E-state index >= 15 is 0 Å². The molecule has 0 aliphatic carbocycles. The molecule has 18 heavy (non-hydrogen) atoms. The molecular weight excluding hydrogens is 260 g/mol. The van der Waals surface area contributed by atoms with Gasteiger partial charge in [0, 0.05) is 0 Å². The molecule has 2 unspecified atom stereocenters. The smallest absolute Gasteiger partial charge is 0.310 e. The van der Waals surface area contributed by atoms with E-state index < -0.39 is 33.1 Å². The molecule has 0 aromatic heterocycles. The average Bonchev–Trinajstić information content (AvgIpc) is 2.52. The van der Waals surface area contributed by atoms with Gasteiger partial charge in [0.15, 0.2) is 9.84 Å². The Hall–Kier alpha value is -0.660. The van der Waals surface area contributed by atoms with Gasteiger partial charge in [-0.3, -0.25) is 4.79 Å². The van der Waals surface area contributed by atoms with E-state index in [1.54, 1.807) is 13.8 Å². The summed E-state index contributed by atoms with van der Waals surface area (Å²) in [4.78, 5) is 11.3. The monoisotopic (exact) mass is 280 g/mol. The molecule has 7 heteroatoms. The summed E-state index contributed by atoms with van der Waals surface area (Å²) >= 11 is 0. The highest BCUT2D eigenvalue weighted by Crippen LogP contribution is 2.37. The van der Waals surface area contributed by atoms with E-state index in [9.17, 15) is 23.4 Å². The van der Waals surface area contributed by atoms with Crippen LogP contribution in [0.15, 0.2) is 0 Å². The molecule has 1 saturated heterocycles. The van der Waals surface area contributed by atoms with Crippen LogP contribution in [-0.2, 0) is 19.4 Å². The maximum absolute atomic E-state index is 11.4. The van der Waals surface area contributed by atoms with Crippen LogP contribution in [-0.4, -0.2) is 54.9 Å². The van der Waals surface area contributed by atoms with Crippen LogP contribution in [0.1, 0.15) is 26.7 Å². The lowest BCUT2D eigenvalue weighted by Crippen LogP contribution is -2.37. The van der Waals surface area contributed by atoms with Crippen LogP contribution in [0.5, 0.6) is 0 Å². The van der Waals surface area contributed by atoms with Gasteiger partial charge in [-0.1, -0.05) is 0 Å². The van der Waals surface area contributed by atoms with Gasteiger partial charge in [0.25, 0.3) is 0 Å². The summed E-state index contributed by atoms with van der Waals surface area (Å²) in [6.07, 6.45) is -1.05. The fourth-order valence-corrected chi connectivity index (χ4v) is 4.22. The minimum Gasteiger partial charge on any atom is -0.481 e. The predicted molar refractivity (Wildman–Crippen MR) is 65.1 cm³/mol. The van der Waals surface area contributed by atoms with E-state index in [2.05, 4.69) is 0 Å². The highest BCUT2D eigenvalue weighted by atomic mass is 32.2. The molecule has 0 amide bonds. The molecule has 2 atom stereocenters. The van der Waals surface area contributed by atoms with E-state index in [-0.39, 0.29) is 31.3 Å². The molecule has 0 bridgehead atoms. The van der Waals surface area contributed by atoms with Crippen LogP contribution in [0.25, 0.3) is 0 Å². The van der Waals surface area contributed by atoms with Crippen molar-refractivity contribution in [2.45, 2.75) is 38.9 Å². The molecule has 1 aliphatic rings. The van der Waals surface area contributed by atoms with Crippen LogP contribution in [0.4, 0.5) is 0 Å². The second-order valence-corrected chi connectivity index (χ2v) is 7.35. The number of ether oxygens (including phenoxy) is 1. The van der Waals surface area contributed by atoms with Gasteiger partial charge in [-0.15, -0.1) is 0 Å². The SMILES string of the molecule is CC(C)OCC(O)CC1(C(=O)O)CCS(=O)(=O)C1. The van der Waals surface area contributed by atoms with Gasteiger partial charge < -0.3 is 14.9 Å². The Labute approximate surface area is 107 Å². The Bertz CT molecular complexity index is 402. The maximum Gasteiger partial charge on any atom is 0.310 e. The van der Waals surface area contributed by atoms with Crippen molar-refractivity contribution in [3.05, 3.63) is 0 Å². The molecule has 0 radical (unpaired) electrons. The zero-order chi connectivity index (χ0) is 14.0. The van der Waals surface area contributed by atoms with Crippen molar-refractivity contribution in [3.8, 4) is 0 Å². The fourth-order valence-electron chi connectivity index (χ4n) is 2.15. The van der Waals surface area contributed by atoms with Crippen molar-refractivity contribution in [1.29, 1.82) is 0 Å². The lowest BCUT2D eigenvalue weighted by molar-refractivity contribution is -0.150. The molecule has 2 N–H and O–H groups in total. The minimum absolute atomic E-state index is 0.0206. The van der Waals surface area contributed by atoms with Gasteiger partial charge in [-0.05, 0) is 26.7 Å². The molecule has 0 saturated carbocycles. The number of sulfone groups is 1. The number of carboxylic acid groups (broad SMARTS) is 1. The zero-order valence-electron chi connectivity index (χ0n) is 10.6. The van der Waals surface area contributed by atoms with Gasteiger partial charge >= 0.3 is 5.97 Å². The molecule has 0 aromatic rings. The summed E-state index contributed by atoms with van der Waals surface area (Å²) in [6.45, 7) is 3.63. The third-order valence-corrected chi connectivity index (χ3v) is 4.91. The van der Waals surface area contributed by atoms with Gasteiger partial charge in [0.1, 0.15) is 0 Å². The maximum atomic E-state index is 11.4. The number of hydrogen-bond donors (Lipinski definition) is 2. The van der Waals surface area contributed by atoms with Crippen molar-refractivity contribution in [1.82, 2.24) is 0 Å². The molecule has 1 rings (SSSR count). The first-order valence-corrected chi connectivity index (χ1v) is 7.72. The fraction of sp³-hybridized carbons (Fsp3) is 0.909. The molecule has 1 aliphatic heterocycles. The second kappa shape index (κ2) is 5.54. The number of hydrogen-bond acceptors (Lipinski definition) is 5. The van der Waals surface area contributed by atoms with Gasteiger partial charge in [0.2, 0.25) is 0 Å². The number of carbonyl (C=O) groups is 1. The van der Waals surface area contributed by atoms with Crippen molar-refractivity contribution in [3.63, 3.8) is 0 Å². The van der Waals surface area contributed by atoms with E-state index in [0.717, 1.165) is 0 Å². The van der Waals surface area contributed by atoms with Crippen molar-refractivity contribution in [2.24, 2.45) is 5.41 Å². The zero-order valence-corrected chi connectivity index (χ0v) is 11.4. The summed E-state index contributed by atoms with van der Waals surface area (Å²) in [7, 11) is -3.31. The molecule has 1 fully saturated rings. The Morgan fingerprint density at radius 2 is 2.06 bits per heavy atom. The lowest BCUT2D eigenvalue weighted by atomic mass is 9.82. The number of aliphatic carboxylic acids is 1. The van der Waals surface area contributed by atoms with Crippen LogP contribution >= 0.6 is 0 Å². The van der Waals surface area contributed by atoms with Gasteiger partial charge in [0.05, 0.1) is 35.7 Å². The Kier molecular flexibility index (Phi) is 4.74. The molecular formula is C11H20O6S. The summed E-state index contributed by atoms with van der Waals surface area (Å²) < 4.78 is 28.0. The predicted octanol–water partition coefficient (Wildman–Crippen LogP) is 0.0519. The van der Waals surface area contributed by atoms with Crippen LogP contribution in [0, 0.1) is 5.41 Å². The van der Waals surface area contributed by atoms with Crippen molar-refractivity contribution >= 4 is 15.8 Å². The first-order valence-electron chi connectivity index (χ1n) is 5.90. The summed E-state index contributed by atoms with van der Waals surface area (Å²) in [5.74, 6) is -1.68. The van der Waals surface area contributed by atoms with Gasteiger partial charge in [-0.25, -0.2) is 8.42 Å². The molecule has 6 nitrogen and oxygen atoms in total. The third-order valence-electron chi connectivity index (χ3n) is 3.09. The number of aliphatic hydroxyl groups excluding tert-OH is 1. The second-order valence-electron chi connectivity index (χ2n) is 5.17. The normalized spacial score (nSPS) is 28.4. The third kappa shape index (κ3) is 3.93. The Morgan fingerprint density at radius 3 is 2.44 bits per heavy atom. The van der Waals surface area contributed by atoms with E-state index in [0.29, 0.717) is 0 Å². The van der Waals surface area contributed by atoms with Gasteiger partial charge in [-0.2, -0.15) is 0 Å². The van der Waals surface area contributed by atoms with Crippen LogP contribution in [0.2, 0.25) is 0 Å². The van der Waals surface area contributed by atoms with Crippen molar-refractivity contribution < 1.29 is 28.2 Å². The van der Waals surface area contributed by atoms with Crippen LogP contribution < -0.4 is 0 Å². The van der Waals surface area contributed by atoms with E-state index in [1.165, 1.54) is 0 Å². The Balaban J connectivity index is 2.68. The standard InChI is InChI=1S/C11H20O6S/c1-8(2)17-6-9(12)5-11(10(13)14)3-4-18(15,16)7-11/h8-9,12H,3-7H2,1-2H3,(H,13,14). The molecule has 106 valence electrons. The Morgan fingerprint density at radius 1 is 1.44 bits per heavy atom. The molecule has 0 aromatic carbocycles. The first-order chi connectivity index (χ1) is 8.17. The van der Waals surface area contributed by atoms with E-state index in [4.69, 9.17) is 4.74 Å². The summed E-state index contributed by atoms with van der Waals surface area (Å²) in [5, 5.41) is 19.0. The molecule has 0 spiro atoms. The average molecular weight is 280 g/mol. The van der Waals surface area contributed by atoms with Crippen LogP contribution in [0.3, 0.4) is 0 Å². The number of aliphatic hydroxyl groups is 1.